The molecule has 5 rings (SSSR count). The molecule has 1 atom stereocenters. The molecule has 1 saturated heterocycles. The molecular weight excluding hydrogens is 380 g/mol. The molecule has 4 aromatic heterocycles. The second-order valence-electron chi connectivity index (χ2n) is 7.13. The fourth-order valence-electron chi connectivity index (χ4n) is 3.60. The number of nitrogens with one attached hydrogen (secondary N) is 2. The molecule has 1 aliphatic rings. The Kier molecular flexibility index (Phi) is 4.83. The summed E-state index contributed by atoms with van der Waals surface area (Å²) in [5, 5.41) is 17.8. The summed E-state index contributed by atoms with van der Waals surface area (Å²) in [6.45, 7) is 1.90. The minimum absolute atomic E-state index is 0.205. The Morgan fingerprint density at radius 2 is 2.30 bits per heavy atom. The number of H-pyrrole nitrogens is 1. The van der Waals surface area contributed by atoms with Gasteiger partial charge in [-0.05, 0) is 24.6 Å². The van der Waals surface area contributed by atoms with Crippen molar-refractivity contribution in [1.82, 2.24) is 29.7 Å². The molecule has 150 valence electrons. The van der Waals surface area contributed by atoms with E-state index in [1.54, 1.807) is 6.20 Å². The smallest absolute Gasteiger partial charge is 0.223 e. The van der Waals surface area contributed by atoms with Crippen LogP contribution in [0, 0.1) is 11.3 Å². The van der Waals surface area contributed by atoms with E-state index >= 15 is 0 Å². The highest BCUT2D eigenvalue weighted by Crippen LogP contribution is 2.33. The van der Waals surface area contributed by atoms with Gasteiger partial charge < -0.3 is 15.0 Å². The molecule has 4 aromatic rings. The molecule has 9 heteroatoms. The Bertz CT molecular complexity index is 1220. The van der Waals surface area contributed by atoms with Gasteiger partial charge in [0.25, 0.3) is 0 Å². The fourth-order valence-corrected chi connectivity index (χ4v) is 3.60. The van der Waals surface area contributed by atoms with Crippen molar-refractivity contribution in [3.8, 4) is 28.6 Å². The molecule has 30 heavy (non-hydrogen) atoms. The lowest BCUT2D eigenvalue weighted by Gasteiger charge is -2.07. The zero-order valence-electron chi connectivity index (χ0n) is 16.2. The number of hydrogen-bond acceptors (Lipinski definition) is 7. The van der Waals surface area contributed by atoms with Gasteiger partial charge in [0, 0.05) is 54.5 Å². The summed E-state index contributed by atoms with van der Waals surface area (Å²) < 4.78 is 7.53. The SMILES string of the molecule is N#CCCNc1nccc(-c2cn(C3CCOC3)nc2-c2cnc3[nH]ccc3c2)n1. The van der Waals surface area contributed by atoms with E-state index in [0.717, 1.165) is 46.6 Å². The van der Waals surface area contributed by atoms with Gasteiger partial charge in [0.05, 0.1) is 30.8 Å². The molecule has 0 radical (unpaired) electrons. The maximum atomic E-state index is 8.75. The zero-order valence-corrected chi connectivity index (χ0v) is 16.2. The molecule has 0 amide bonds. The number of anilines is 1. The van der Waals surface area contributed by atoms with Crippen LogP contribution in [-0.4, -0.2) is 49.5 Å². The molecule has 0 aromatic carbocycles. The molecule has 1 aliphatic heterocycles. The van der Waals surface area contributed by atoms with Gasteiger partial charge in [-0.1, -0.05) is 0 Å². The van der Waals surface area contributed by atoms with E-state index in [4.69, 9.17) is 15.1 Å². The summed E-state index contributed by atoms with van der Waals surface area (Å²) in [6.07, 6.45) is 8.76. The molecule has 1 fully saturated rings. The maximum absolute atomic E-state index is 8.75. The second-order valence-corrected chi connectivity index (χ2v) is 7.13. The lowest BCUT2D eigenvalue weighted by molar-refractivity contribution is 0.184. The number of aromatic nitrogens is 6. The molecule has 0 spiro atoms. The summed E-state index contributed by atoms with van der Waals surface area (Å²) in [4.78, 5) is 16.6. The number of ether oxygens (including phenoxy) is 1. The van der Waals surface area contributed by atoms with Crippen LogP contribution >= 0.6 is 0 Å². The van der Waals surface area contributed by atoms with E-state index in [-0.39, 0.29) is 6.04 Å². The average Bonchev–Trinajstić information content (AvgIpc) is 3.53. The van der Waals surface area contributed by atoms with Crippen molar-refractivity contribution in [2.45, 2.75) is 18.9 Å². The minimum Gasteiger partial charge on any atom is -0.379 e. The molecular formula is C21H20N8O. The Morgan fingerprint density at radius 1 is 1.33 bits per heavy atom. The lowest BCUT2D eigenvalue weighted by atomic mass is 10.1. The third-order valence-electron chi connectivity index (χ3n) is 5.14. The first-order chi connectivity index (χ1) is 14.8. The van der Waals surface area contributed by atoms with Crippen LogP contribution in [0.3, 0.4) is 0 Å². The number of nitrogens with zero attached hydrogens (tertiary/aromatic N) is 6. The van der Waals surface area contributed by atoms with Crippen LogP contribution in [-0.2, 0) is 4.74 Å². The predicted molar refractivity (Wildman–Crippen MR) is 112 cm³/mol. The quantitative estimate of drug-likeness (QED) is 0.477. The van der Waals surface area contributed by atoms with Crippen molar-refractivity contribution in [3.63, 3.8) is 0 Å². The highest BCUT2D eigenvalue weighted by atomic mass is 16.5. The van der Waals surface area contributed by atoms with Crippen molar-refractivity contribution in [3.05, 3.63) is 43.0 Å². The van der Waals surface area contributed by atoms with Crippen LogP contribution < -0.4 is 5.32 Å². The van der Waals surface area contributed by atoms with E-state index in [1.165, 1.54) is 0 Å². The van der Waals surface area contributed by atoms with E-state index in [2.05, 4.69) is 37.4 Å². The van der Waals surface area contributed by atoms with Gasteiger partial charge in [0.1, 0.15) is 11.3 Å². The van der Waals surface area contributed by atoms with Crippen molar-refractivity contribution in [2.24, 2.45) is 0 Å². The summed E-state index contributed by atoms with van der Waals surface area (Å²) in [5.41, 5.74) is 4.25. The van der Waals surface area contributed by atoms with Crippen molar-refractivity contribution < 1.29 is 4.74 Å². The fraction of sp³-hybridized carbons (Fsp3) is 0.286. The molecule has 0 aliphatic carbocycles. The summed E-state index contributed by atoms with van der Waals surface area (Å²) in [5.74, 6) is 0.491. The monoisotopic (exact) mass is 400 g/mol. The van der Waals surface area contributed by atoms with Crippen molar-refractivity contribution in [2.75, 3.05) is 25.1 Å². The molecule has 2 N–H and O–H groups in total. The predicted octanol–water partition coefficient (Wildman–Crippen LogP) is 3.17. The molecule has 1 unspecified atom stereocenters. The highest BCUT2D eigenvalue weighted by Gasteiger charge is 2.23. The van der Waals surface area contributed by atoms with Crippen LogP contribution in [0.15, 0.2) is 43.0 Å². The summed E-state index contributed by atoms with van der Waals surface area (Å²) in [7, 11) is 0. The van der Waals surface area contributed by atoms with Crippen LogP contribution in [0.2, 0.25) is 0 Å². The van der Waals surface area contributed by atoms with Crippen molar-refractivity contribution >= 4 is 17.0 Å². The van der Waals surface area contributed by atoms with Crippen LogP contribution in [0.1, 0.15) is 18.9 Å². The Morgan fingerprint density at radius 3 is 3.17 bits per heavy atom. The first-order valence-electron chi connectivity index (χ1n) is 9.86. The maximum Gasteiger partial charge on any atom is 0.223 e. The van der Waals surface area contributed by atoms with Crippen LogP contribution in [0.25, 0.3) is 33.5 Å². The highest BCUT2D eigenvalue weighted by molar-refractivity contribution is 5.85. The van der Waals surface area contributed by atoms with Crippen LogP contribution in [0.5, 0.6) is 0 Å². The second kappa shape index (κ2) is 7.93. The van der Waals surface area contributed by atoms with Gasteiger partial charge in [-0.3, -0.25) is 4.68 Å². The van der Waals surface area contributed by atoms with E-state index in [0.29, 0.717) is 25.5 Å². The molecule has 5 heterocycles. The topological polar surface area (TPSA) is 117 Å². The third kappa shape index (κ3) is 3.49. The standard InChI is InChI=1S/C21H20N8O/c22-5-1-6-24-21-25-8-3-18(27-21)17-12-29(16-4-9-30-13-16)28-19(17)15-10-14-2-7-23-20(14)26-11-15/h2-3,7-8,10-12,16H,1,4,6,9,13H2,(H,23,26)(H,24,25,27). The van der Waals surface area contributed by atoms with Crippen molar-refractivity contribution in [1.29, 1.82) is 5.26 Å². The number of hydrogen-bond donors (Lipinski definition) is 2. The summed E-state index contributed by atoms with van der Waals surface area (Å²) in [6, 6.07) is 8.26. The normalized spacial score (nSPS) is 16.0. The first-order valence-corrected chi connectivity index (χ1v) is 9.86. The number of pyridine rings is 1. The number of fused-ring (bicyclic) bond motifs is 1. The molecule has 0 saturated carbocycles. The van der Waals surface area contributed by atoms with Gasteiger partial charge >= 0.3 is 0 Å². The Hall–Kier alpha value is -3.77. The molecule has 9 nitrogen and oxygen atoms in total. The van der Waals surface area contributed by atoms with Gasteiger partial charge in [0.2, 0.25) is 5.95 Å². The largest absolute Gasteiger partial charge is 0.379 e. The van der Waals surface area contributed by atoms with Gasteiger partial charge in [-0.2, -0.15) is 10.4 Å². The Labute approximate surface area is 172 Å². The first kappa shape index (κ1) is 18.3. The van der Waals surface area contributed by atoms with Crippen LogP contribution in [0.4, 0.5) is 5.95 Å². The third-order valence-corrected chi connectivity index (χ3v) is 5.14. The van der Waals surface area contributed by atoms with Gasteiger partial charge in [-0.25, -0.2) is 15.0 Å². The van der Waals surface area contributed by atoms with E-state index in [9.17, 15) is 0 Å². The van der Waals surface area contributed by atoms with E-state index in [1.807, 2.05) is 35.4 Å². The van der Waals surface area contributed by atoms with Gasteiger partial charge in [-0.15, -0.1) is 0 Å². The lowest BCUT2D eigenvalue weighted by Crippen LogP contribution is -2.09. The number of aromatic amines is 1. The minimum atomic E-state index is 0.205. The number of rotatable bonds is 6. The zero-order chi connectivity index (χ0) is 20.3. The summed E-state index contributed by atoms with van der Waals surface area (Å²) >= 11 is 0. The Balaban J connectivity index is 1.58. The van der Waals surface area contributed by atoms with E-state index < -0.39 is 0 Å². The molecule has 0 bridgehead atoms. The number of nitriles is 1. The van der Waals surface area contributed by atoms with Gasteiger partial charge in [0.15, 0.2) is 0 Å². The average molecular weight is 400 g/mol.